The summed E-state index contributed by atoms with van der Waals surface area (Å²) in [6, 6.07) is 10.0. The summed E-state index contributed by atoms with van der Waals surface area (Å²) in [5, 5.41) is 0. The lowest BCUT2D eigenvalue weighted by molar-refractivity contribution is 1.68. The van der Waals surface area contributed by atoms with Gasteiger partial charge in [-0.3, -0.25) is 0 Å². The molecule has 0 bridgehead atoms. The van der Waals surface area contributed by atoms with Crippen LogP contribution in [0.5, 0.6) is 0 Å². The highest BCUT2D eigenvalue weighted by Gasteiger charge is 1.97. The van der Waals surface area contributed by atoms with Crippen molar-refractivity contribution in [2.75, 3.05) is 5.75 Å². The molecule has 0 aliphatic heterocycles. The third kappa shape index (κ3) is 2.80. The van der Waals surface area contributed by atoms with E-state index in [0.29, 0.717) is 0 Å². The molecule has 0 radical (unpaired) electrons. The fraction of sp³-hybridized carbons (Fsp3) is 0.100. The second kappa shape index (κ2) is 5.12. The minimum atomic E-state index is 0.883. The van der Waals surface area contributed by atoms with Gasteiger partial charge in [-0.25, -0.2) is 0 Å². The Balaban J connectivity index is 2.59. The Morgan fingerprint density at radius 2 is 2.08 bits per heavy atom. The first kappa shape index (κ1) is 9.49. The maximum absolute atomic E-state index is 5.20. The molecule has 12 heavy (non-hydrogen) atoms. The van der Waals surface area contributed by atoms with Crippen LogP contribution in [0.4, 0.5) is 0 Å². The summed E-state index contributed by atoms with van der Waals surface area (Å²) < 4.78 is 0.940. The largest absolute Gasteiger partial charge is 0.110 e. The first-order valence-electron chi connectivity index (χ1n) is 3.67. The van der Waals surface area contributed by atoms with Crippen LogP contribution in [0.1, 0.15) is 5.56 Å². The molecule has 0 saturated carbocycles. The van der Waals surface area contributed by atoms with Gasteiger partial charge in [0.25, 0.3) is 0 Å². The van der Waals surface area contributed by atoms with Gasteiger partial charge in [0.05, 0.1) is 4.20 Å². The van der Waals surface area contributed by atoms with Crippen molar-refractivity contribution in [3.05, 3.63) is 48.6 Å². The number of hydrogen-bond donors (Lipinski definition) is 0. The number of rotatable bonds is 3. The Hall–Kier alpha value is -0.600. The molecule has 62 valence electrons. The summed E-state index contributed by atoms with van der Waals surface area (Å²) >= 11 is 6.84. The summed E-state index contributed by atoms with van der Waals surface area (Å²) in [6.45, 7) is 3.65. The Morgan fingerprint density at radius 1 is 1.42 bits per heavy atom. The second-order valence-electron chi connectivity index (χ2n) is 2.25. The molecule has 0 saturated heterocycles. The molecule has 0 nitrogen and oxygen atoms in total. The van der Waals surface area contributed by atoms with Crippen LogP contribution in [-0.4, -0.2) is 9.95 Å². The van der Waals surface area contributed by atoms with E-state index in [-0.39, 0.29) is 0 Å². The fourth-order valence-electron chi connectivity index (χ4n) is 0.792. The zero-order chi connectivity index (χ0) is 8.81. The lowest BCUT2D eigenvalue weighted by Crippen LogP contribution is -1.90. The van der Waals surface area contributed by atoms with Crippen molar-refractivity contribution in [1.82, 2.24) is 0 Å². The van der Waals surface area contributed by atoms with Gasteiger partial charge in [0.2, 0.25) is 0 Å². The minimum absolute atomic E-state index is 0.883. The van der Waals surface area contributed by atoms with Crippen molar-refractivity contribution in [3.8, 4) is 0 Å². The summed E-state index contributed by atoms with van der Waals surface area (Å²) in [6.07, 6.45) is 1.86. The monoisotopic (exact) mass is 194 g/mol. The standard InChI is InChI=1S/C10H10S2/c1-2-8-12-10(11)9-6-4-3-5-7-9/h2-7H,1,8H2. The van der Waals surface area contributed by atoms with E-state index >= 15 is 0 Å². The van der Waals surface area contributed by atoms with Crippen LogP contribution in [0.3, 0.4) is 0 Å². The number of thiocarbonyl (C=S) groups is 1. The van der Waals surface area contributed by atoms with Crippen LogP contribution in [0.15, 0.2) is 43.0 Å². The molecular weight excluding hydrogens is 184 g/mol. The molecular formula is C10H10S2. The molecule has 0 aromatic heterocycles. The summed E-state index contributed by atoms with van der Waals surface area (Å²) in [5.74, 6) is 0.883. The molecule has 0 aliphatic carbocycles. The maximum Gasteiger partial charge on any atom is 0.0781 e. The van der Waals surface area contributed by atoms with E-state index in [0.717, 1.165) is 15.5 Å². The summed E-state index contributed by atoms with van der Waals surface area (Å²) in [7, 11) is 0. The van der Waals surface area contributed by atoms with Crippen molar-refractivity contribution < 1.29 is 0 Å². The molecule has 0 amide bonds. The average molecular weight is 194 g/mol. The quantitative estimate of drug-likeness (QED) is 0.535. The van der Waals surface area contributed by atoms with Crippen molar-refractivity contribution in [2.45, 2.75) is 0 Å². The van der Waals surface area contributed by atoms with Gasteiger partial charge < -0.3 is 0 Å². The van der Waals surface area contributed by atoms with Crippen molar-refractivity contribution in [3.63, 3.8) is 0 Å². The molecule has 1 aromatic rings. The third-order valence-electron chi connectivity index (χ3n) is 1.34. The predicted molar refractivity (Wildman–Crippen MR) is 60.8 cm³/mol. The smallest absolute Gasteiger partial charge is 0.0781 e. The SMILES string of the molecule is C=CCSC(=S)c1ccccc1. The Labute approximate surface area is 82.7 Å². The van der Waals surface area contributed by atoms with Crippen LogP contribution < -0.4 is 0 Å². The highest BCUT2D eigenvalue weighted by molar-refractivity contribution is 8.23. The molecule has 0 atom stereocenters. The molecule has 1 aromatic carbocycles. The van der Waals surface area contributed by atoms with E-state index in [1.54, 1.807) is 11.8 Å². The van der Waals surface area contributed by atoms with E-state index in [1.807, 2.05) is 36.4 Å². The van der Waals surface area contributed by atoms with Crippen LogP contribution in [-0.2, 0) is 0 Å². The molecule has 0 heterocycles. The second-order valence-corrected chi connectivity index (χ2v) is 3.95. The van der Waals surface area contributed by atoms with E-state index < -0.39 is 0 Å². The highest BCUT2D eigenvalue weighted by atomic mass is 32.2. The van der Waals surface area contributed by atoms with Gasteiger partial charge in [0.15, 0.2) is 0 Å². The van der Waals surface area contributed by atoms with E-state index in [4.69, 9.17) is 12.2 Å². The van der Waals surface area contributed by atoms with Gasteiger partial charge >= 0.3 is 0 Å². The Kier molecular flexibility index (Phi) is 4.05. The Bertz CT molecular complexity index is 264. The average Bonchev–Trinajstić information content (AvgIpc) is 2.15. The molecule has 0 fully saturated rings. The zero-order valence-electron chi connectivity index (χ0n) is 6.69. The van der Waals surface area contributed by atoms with E-state index in [9.17, 15) is 0 Å². The van der Waals surface area contributed by atoms with Gasteiger partial charge in [-0.1, -0.05) is 48.6 Å². The Morgan fingerprint density at radius 3 is 2.67 bits per heavy atom. The highest BCUT2D eigenvalue weighted by Crippen LogP contribution is 2.13. The lowest BCUT2D eigenvalue weighted by Gasteiger charge is -1.99. The molecule has 2 heteroatoms. The zero-order valence-corrected chi connectivity index (χ0v) is 8.33. The van der Waals surface area contributed by atoms with Crippen molar-refractivity contribution in [1.29, 1.82) is 0 Å². The van der Waals surface area contributed by atoms with Crippen LogP contribution in [0, 0.1) is 0 Å². The van der Waals surface area contributed by atoms with Gasteiger partial charge in [0, 0.05) is 5.75 Å². The van der Waals surface area contributed by atoms with Crippen LogP contribution in [0.25, 0.3) is 0 Å². The normalized spacial score (nSPS) is 9.33. The van der Waals surface area contributed by atoms with E-state index in [1.165, 1.54) is 0 Å². The summed E-state index contributed by atoms with van der Waals surface area (Å²) in [5.41, 5.74) is 1.12. The maximum atomic E-state index is 5.20. The summed E-state index contributed by atoms with van der Waals surface area (Å²) in [4.78, 5) is 0. The van der Waals surface area contributed by atoms with Gasteiger partial charge in [0.1, 0.15) is 0 Å². The first-order chi connectivity index (χ1) is 5.84. The molecule has 0 aliphatic rings. The third-order valence-corrected chi connectivity index (χ3v) is 2.83. The van der Waals surface area contributed by atoms with E-state index in [2.05, 4.69) is 6.58 Å². The number of hydrogen-bond acceptors (Lipinski definition) is 2. The van der Waals surface area contributed by atoms with Crippen LogP contribution >= 0.6 is 24.0 Å². The predicted octanol–water partition coefficient (Wildman–Crippen LogP) is 3.28. The van der Waals surface area contributed by atoms with Gasteiger partial charge in [-0.2, -0.15) is 0 Å². The van der Waals surface area contributed by atoms with Gasteiger partial charge in [-0.05, 0) is 5.56 Å². The van der Waals surface area contributed by atoms with Crippen molar-refractivity contribution >= 4 is 28.2 Å². The lowest BCUT2D eigenvalue weighted by atomic mass is 10.2. The molecule has 1 rings (SSSR count). The number of benzene rings is 1. The van der Waals surface area contributed by atoms with Gasteiger partial charge in [-0.15, -0.1) is 18.3 Å². The molecule has 0 unspecified atom stereocenters. The van der Waals surface area contributed by atoms with Crippen molar-refractivity contribution in [2.24, 2.45) is 0 Å². The molecule has 0 N–H and O–H groups in total. The van der Waals surface area contributed by atoms with Crippen LogP contribution in [0.2, 0.25) is 0 Å². The number of thioether (sulfide) groups is 1. The molecule has 0 spiro atoms. The minimum Gasteiger partial charge on any atom is -0.110 e. The first-order valence-corrected chi connectivity index (χ1v) is 5.07. The topological polar surface area (TPSA) is 0 Å². The fourth-order valence-corrected chi connectivity index (χ4v) is 1.70.